The lowest BCUT2D eigenvalue weighted by atomic mass is 10.0. The Morgan fingerprint density at radius 2 is 2.05 bits per heavy atom. The van der Waals surface area contributed by atoms with Crippen molar-refractivity contribution < 1.29 is 19.5 Å². The topological polar surface area (TPSA) is 90.0 Å². The van der Waals surface area contributed by atoms with E-state index < -0.39 is 12.0 Å². The van der Waals surface area contributed by atoms with Crippen LogP contribution >= 0.6 is 0 Å². The fourth-order valence-corrected chi connectivity index (χ4v) is 2.25. The van der Waals surface area contributed by atoms with Gasteiger partial charge in [-0.2, -0.15) is 0 Å². The Hall–Kier alpha value is -1.79. The van der Waals surface area contributed by atoms with Crippen molar-refractivity contribution in [1.82, 2.24) is 15.1 Å². The summed E-state index contributed by atoms with van der Waals surface area (Å²) in [7, 11) is 3.11. The van der Waals surface area contributed by atoms with Crippen LogP contribution in [0.5, 0.6) is 0 Å². The first kappa shape index (κ1) is 15.3. The molecule has 2 atom stereocenters. The predicted molar refractivity (Wildman–Crippen MR) is 68.6 cm³/mol. The average Bonchev–Trinajstić information content (AvgIpc) is 2.76. The van der Waals surface area contributed by atoms with Crippen molar-refractivity contribution in [3.05, 3.63) is 0 Å². The molecule has 0 aromatic heterocycles. The quantitative estimate of drug-likeness (QED) is 0.751. The number of nitrogens with one attached hydrogen (secondary N) is 1. The number of urea groups is 1. The summed E-state index contributed by atoms with van der Waals surface area (Å²) < 4.78 is 0. The highest BCUT2D eigenvalue weighted by atomic mass is 16.4. The van der Waals surface area contributed by atoms with Crippen molar-refractivity contribution in [3.8, 4) is 0 Å². The van der Waals surface area contributed by atoms with E-state index in [9.17, 15) is 14.4 Å². The van der Waals surface area contributed by atoms with E-state index in [0.717, 1.165) is 0 Å². The van der Waals surface area contributed by atoms with Crippen LogP contribution in [0.4, 0.5) is 4.79 Å². The summed E-state index contributed by atoms with van der Waals surface area (Å²) >= 11 is 0. The van der Waals surface area contributed by atoms with Gasteiger partial charge < -0.3 is 20.2 Å². The molecule has 0 saturated carbocycles. The molecule has 3 amide bonds. The van der Waals surface area contributed by atoms with E-state index >= 15 is 0 Å². The van der Waals surface area contributed by atoms with Crippen LogP contribution in [0.15, 0.2) is 0 Å². The minimum absolute atomic E-state index is 0.0474. The second-order valence-electron chi connectivity index (χ2n) is 4.87. The van der Waals surface area contributed by atoms with Gasteiger partial charge in [0, 0.05) is 33.6 Å². The Bertz CT molecular complexity index is 372. The predicted octanol–water partition coefficient (Wildman–Crippen LogP) is -0.0307. The van der Waals surface area contributed by atoms with Crippen LogP contribution in [0.1, 0.15) is 19.8 Å². The van der Waals surface area contributed by atoms with Gasteiger partial charge in [-0.3, -0.25) is 4.79 Å². The maximum atomic E-state index is 12.2. The first-order valence-corrected chi connectivity index (χ1v) is 6.33. The number of hydrogen-bond acceptors (Lipinski definition) is 3. The Balaban J connectivity index is 2.61. The van der Waals surface area contributed by atoms with Gasteiger partial charge in [-0.25, -0.2) is 9.59 Å². The van der Waals surface area contributed by atoms with E-state index in [-0.39, 0.29) is 30.8 Å². The number of rotatable bonds is 4. The number of likely N-dealkylation sites (tertiary alicyclic amines) is 1. The molecule has 19 heavy (non-hydrogen) atoms. The van der Waals surface area contributed by atoms with Gasteiger partial charge in [-0.1, -0.05) is 6.92 Å². The lowest BCUT2D eigenvalue weighted by molar-refractivity contribution is -0.142. The first-order valence-electron chi connectivity index (χ1n) is 6.33. The standard InChI is InChI=1S/C12H21N3O4/c1-8-4-7-15(10(8)11(17)18)12(19)14(3)6-5-9(16)13-2/h8,10H,4-7H2,1-3H3,(H,13,16)(H,17,18). The van der Waals surface area contributed by atoms with E-state index in [1.165, 1.54) is 16.8 Å². The van der Waals surface area contributed by atoms with E-state index in [4.69, 9.17) is 5.11 Å². The maximum Gasteiger partial charge on any atom is 0.326 e. The van der Waals surface area contributed by atoms with Gasteiger partial charge in [0.05, 0.1) is 0 Å². The zero-order chi connectivity index (χ0) is 14.6. The van der Waals surface area contributed by atoms with Crippen LogP contribution in [0, 0.1) is 5.92 Å². The summed E-state index contributed by atoms with van der Waals surface area (Å²) in [6, 6.07) is -1.10. The molecule has 1 aliphatic heterocycles. The monoisotopic (exact) mass is 271 g/mol. The largest absolute Gasteiger partial charge is 0.480 e. The molecule has 0 bridgehead atoms. The number of carbonyl (C=O) groups excluding carboxylic acids is 2. The summed E-state index contributed by atoms with van der Waals surface area (Å²) in [4.78, 5) is 37.2. The molecule has 0 aromatic carbocycles. The third-order valence-electron chi connectivity index (χ3n) is 3.48. The minimum atomic E-state index is -0.974. The van der Waals surface area contributed by atoms with Crippen molar-refractivity contribution in [3.63, 3.8) is 0 Å². The van der Waals surface area contributed by atoms with Crippen molar-refractivity contribution in [2.24, 2.45) is 5.92 Å². The zero-order valence-electron chi connectivity index (χ0n) is 11.5. The van der Waals surface area contributed by atoms with Crippen molar-refractivity contribution >= 4 is 17.9 Å². The molecule has 1 saturated heterocycles. The van der Waals surface area contributed by atoms with E-state index in [0.29, 0.717) is 13.0 Å². The number of nitrogens with zero attached hydrogens (tertiary/aromatic N) is 2. The SMILES string of the molecule is CNC(=O)CCN(C)C(=O)N1CCC(C)C1C(=O)O. The van der Waals surface area contributed by atoms with Gasteiger partial charge in [0.1, 0.15) is 6.04 Å². The molecule has 2 N–H and O–H groups in total. The highest BCUT2D eigenvalue weighted by Gasteiger charge is 2.40. The van der Waals surface area contributed by atoms with Gasteiger partial charge in [-0.05, 0) is 12.3 Å². The van der Waals surface area contributed by atoms with E-state index in [2.05, 4.69) is 5.32 Å². The van der Waals surface area contributed by atoms with Crippen molar-refractivity contribution in [2.45, 2.75) is 25.8 Å². The number of carboxylic acids is 1. The molecule has 1 heterocycles. The molecular weight excluding hydrogens is 250 g/mol. The fraction of sp³-hybridized carbons (Fsp3) is 0.750. The number of amides is 3. The molecule has 2 unspecified atom stereocenters. The average molecular weight is 271 g/mol. The Labute approximate surface area is 112 Å². The van der Waals surface area contributed by atoms with Crippen LogP contribution < -0.4 is 5.32 Å². The Morgan fingerprint density at radius 3 is 2.58 bits per heavy atom. The van der Waals surface area contributed by atoms with Crippen LogP contribution in [0.3, 0.4) is 0 Å². The van der Waals surface area contributed by atoms with Gasteiger partial charge in [0.2, 0.25) is 5.91 Å². The second kappa shape index (κ2) is 6.40. The highest BCUT2D eigenvalue weighted by Crippen LogP contribution is 2.25. The number of carboxylic acid groups (broad SMARTS) is 1. The van der Waals surface area contributed by atoms with Crippen molar-refractivity contribution in [2.75, 3.05) is 27.2 Å². The van der Waals surface area contributed by atoms with Crippen LogP contribution in [-0.4, -0.2) is 66.0 Å². The lowest BCUT2D eigenvalue weighted by Crippen LogP contribution is -2.48. The normalized spacial score (nSPS) is 22.2. The number of carbonyl (C=O) groups is 3. The molecular formula is C12H21N3O4. The molecule has 0 aromatic rings. The number of aliphatic carboxylic acids is 1. The van der Waals surface area contributed by atoms with Gasteiger partial charge in [0.15, 0.2) is 0 Å². The van der Waals surface area contributed by atoms with Crippen LogP contribution in [0.25, 0.3) is 0 Å². The first-order chi connectivity index (χ1) is 8.88. The summed E-state index contributed by atoms with van der Waals surface area (Å²) in [6.45, 7) is 2.55. The molecule has 1 fully saturated rings. The molecule has 0 spiro atoms. The fourth-order valence-electron chi connectivity index (χ4n) is 2.25. The molecule has 1 rings (SSSR count). The maximum absolute atomic E-state index is 12.2. The molecule has 1 aliphatic rings. The summed E-state index contributed by atoms with van der Waals surface area (Å²) in [5.74, 6) is -1.17. The molecule has 0 aliphatic carbocycles. The third-order valence-corrected chi connectivity index (χ3v) is 3.48. The second-order valence-corrected chi connectivity index (χ2v) is 4.87. The molecule has 7 heteroatoms. The van der Waals surface area contributed by atoms with Crippen LogP contribution in [0.2, 0.25) is 0 Å². The Kier molecular flexibility index (Phi) is 5.14. The van der Waals surface area contributed by atoms with Gasteiger partial charge in [0.25, 0.3) is 0 Å². The summed E-state index contributed by atoms with van der Waals surface area (Å²) in [6.07, 6.45) is 0.895. The van der Waals surface area contributed by atoms with E-state index in [1.54, 1.807) is 7.05 Å². The van der Waals surface area contributed by atoms with Gasteiger partial charge >= 0.3 is 12.0 Å². The number of hydrogen-bond donors (Lipinski definition) is 2. The van der Waals surface area contributed by atoms with E-state index in [1.807, 2.05) is 6.92 Å². The Morgan fingerprint density at radius 1 is 1.42 bits per heavy atom. The zero-order valence-corrected chi connectivity index (χ0v) is 11.5. The minimum Gasteiger partial charge on any atom is -0.480 e. The van der Waals surface area contributed by atoms with Crippen LogP contribution in [-0.2, 0) is 9.59 Å². The van der Waals surface area contributed by atoms with Crippen molar-refractivity contribution in [1.29, 1.82) is 0 Å². The molecule has 7 nitrogen and oxygen atoms in total. The lowest BCUT2D eigenvalue weighted by Gasteiger charge is -2.28. The van der Waals surface area contributed by atoms with Gasteiger partial charge in [-0.15, -0.1) is 0 Å². The molecule has 0 radical (unpaired) electrons. The third kappa shape index (κ3) is 3.59. The summed E-state index contributed by atoms with van der Waals surface area (Å²) in [5, 5.41) is 11.6. The molecule has 108 valence electrons. The summed E-state index contributed by atoms with van der Waals surface area (Å²) in [5.41, 5.74) is 0. The highest BCUT2D eigenvalue weighted by molar-refractivity contribution is 5.84. The smallest absolute Gasteiger partial charge is 0.326 e.